The number of carboxylic acids is 1. The van der Waals surface area contributed by atoms with Gasteiger partial charge in [-0.15, -0.1) is 0 Å². The Morgan fingerprint density at radius 3 is 2.38 bits per heavy atom. The van der Waals surface area contributed by atoms with Crippen molar-refractivity contribution in [3.63, 3.8) is 0 Å². The molecule has 0 aromatic carbocycles. The number of carbonyl (C=O) groups excluding carboxylic acids is 1. The highest BCUT2D eigenvalue weighted by Gasteiger charge is 2.35. The van der Waals surface area contributed by atoms with Crippen molar-refractivity contribution < 1.29 is 14.7 Å². The maximum atomic E-state index is 11.6. The van der Waals surface area contributed by atoms with Crippen molar-refractivity contribution in [1.29, 1.82) is 0 Å². The van der Waals surface area contributed by atoms with E-state index in [9.17, 15) is 9.59 Å². The van der Waals surface area contributed by atoms with Crippen LogP contribution in [-0.2, 0) is 9.59 Å². The summed E-state index contributed by atoms with van der Waals surface area (Å²) >= 11 is 0. The van der Waals surface area contributed by atoms with Crippen LogP contribution in [0.5, 0.6) is 0 Å². The summed E-state index contributed by atoms with van der Waals surface area (Å²) in [7, 11) is 0. The maximum Gasteiger partial charge on any atom is 0.306 e. The van der Waals surface area contributed by atoms with E-state index in [1.54, 1.807) is 0 Å². The quantitative estimate of drug-likeness (QED) is 0.762. The molecule has 1 amide bonds. The SMILES string of the molecule is O=C(CC1CCCC1)NC1CC(C(=O)O)C1. The Hall–Kier alpha value is -1.06. The molecule has 0 aromatic rings. The summed E-state index contributed by atoms with van der Waals surface area (Å²) in [6.45, 7) is 0. The Bertz CT molecular complexity index is 278. The van der Waals surface area contributed by atoms with Crippen LogP contribution in [0, 0.1) is 11.8 Å². The molecular formula is C12H19NO3. The molecule has 2 N–H and O–H groups in total. The van der Waals surface area contributed by atoms with Crippen LogP contribution in [0.4, 0.5) is 0 Å². The molecule has 0 bridgehead atoms. The first-order valence-corrected chi connectivity index (χ1v) is 6.17. The van der Waals surface area contributed by atoms with Crippen LogP contribution >= 0.6 is 0 Å². The summed E-state index contributed by atoms with van der Waals surface area (Å²) in [4.78, 5) is 22.2. The van der Waals surface area contributed by atoms with Crippen molar-refractivity contribution >= 4 is 11.9 Å². The van der Waals surface area contributed by atoms with Crippen LogP contribution in [0.3, 0.4) is 0 Å². The van der Waals surface area contributed by atoms with E-state index in [1.807, 2.05) is 0 Å². The first kappa shape index (κ1) is 11.4. The van der Waals surface area contributed by atoms with Crippen molar-refractivity contribution in [1.82, 2.24) is 5.32 Å². The van der Waals surface area contributed by atoms with Crippen LogP contribution < -0.4 is 5.32 Å². The average Bonchev–Trinajstić information content (AvgIpc) is 2.62. The maximum absolute atomic E-state index is 11.6. The van der Waals surface area contributed by atoms with Gasteiger partial charge in [0.15, 0.2) is 0 Å². The van der Waals surface area contributed by atoms with E-state index in [1.165, 1.54) is 25.7 Å². The Kier molecular flexibility index (Phi) is 3.46. The number of amides is 1. The molecule has 2 saturated carbocycles. The fourth-order valence-corrected chi connectivity index (χ4v) is 2.70. The highest BCUT2D eigenvalue weighted by atomic mass is 16.4. The van der Waals surface area contributed by atoms with Crippen LogP contribution in [0.25, 0.3) is 0 Å². The van der Waals surface area contributed by atoms with Crippen molar-refractivity contribution in [2.75, 3.05) is 0 Å². The molecule has 0 unspecified atom stereocenters. The third-order valence-electron chi connectivity index (χ3n) is 3.80. The van der Waals surface area contributed by atoms with Gasteiger partial charge in [0.25, 0.3) is 0 Å². The second-order valence-corrected chi connectivity index (χ2v) is 5.13. The highest BCUT2D eigenvalue weighted by Crippen LogP contribution is 2.29. The average molecular weight is 225 g/mol. The number of rotatable bonds is 4. The van der Waals surface area contributed by atoms with Gasteiger partial charge in [-0.1, -0.05) is 12.8 Å². The van der Waals surface area contributed by atoms with Gasteiger partial charge in [0.1, 0.15) is 0 Å². The molecule has 0 aromatic heterocycles. The summed E-state index contributed by atoms with van der Waals surface area (Å²) in [5.74, 6) is -0.297. The molecule has 2 fully saturated rings. The standard InChI is InChI=1S/C12H19NO3/c14-11(5-8-3-1-2-4-8)13-10-6-9(7-10)12(15)16/h8-10H,1-7H2,(H,13,14)(H,15,16). The molecule has 4 nitrogen and oxygen atoms in total. The fraction of sp³-hybridized carbons (Fsp3) is 0.833. The molecule has 2 aliphatic rings. The summed E-state index contributed by atoms with van der Waals surface area (Å²) in [6.07, 6.45) is 6.70. The van der Waals surface area contributed by atoms with Crippen LogP contribution in [0.15, 0.2) is 0 Å². The molecule has 0 atom stereocenters. The van der Waals surface area contributed by atoms with E-state index >= 15 is 0 Å². The topological polar surface area (TPSA) is 66.4 Å². The summed E-state index contributed by atoms with van der Waals surface area (Å²) in [5, 5.41) is 11.6. The van der Waals surface area contributed by atoms with Gasteiger partial charge in [0.2, 0.25) is 5.91 Å². The van der Waals surface area contributed by atoms with Gasteiger partial charge in [-0.25, -0.2) is 0 Å². The molecule has 90 valence electrons. The largest absolute Gasteiger partial charge is 0.481 e. The molecule has 0 radical (unpaired) electrons. The first-order valence-electron chi connectivity index (χ1n) is 6.17. The minimum Gasteiger partial charge on any atom is -0.481 e. The summed E-state index contributed by atoms with van der Waals surface area (Å²) in [5.41, 5.74) is 0. The second-order valence-electron chi connectivity index (χ2n) is 5.13. The lowest BCUT2D eigenvalue weighted by molar-refractivity contribution is -0.146. The Labute approximate surface area is 95.4 Å². The first-order chi connectivity index (χ1) is 7.65. The zero-order valence-corrected chi connectivity index (χ0v) is 9.45. The normalized spacial score (nSPS) is 29.8. The third-order valence-corrected chi connectivity index (χ3v) is 3.80. The number of aliphatic carboxylic acids is 1. The number of nitrogens with one attached hydrogen (secondary N) is 1. The second kappa shape index (κ2) is 4.85. The molecule has 0 aliphatic heterocycles. The lowest BCUT2D eigenvalue weighted by Gasteiger charge is -2.33. The molecule has 0 saturated heterocycles. The van der Waals surface area contributed by atoms with E-state index < -0.39 is 5.97 Å². The summed E-state index contributed by atoms with van der Waals surface area (Å²) in [6, 6.07) is 0.106. The molecule has 2 aliphatic carbocycles. The molecule has 2 rings (SSSR count). The Morgan fingerprint density at radius 2 is 1.81 bits per heavy atom. The minimum absolute atomic E-state index is 0.106. The number of hydrogen-bond donors (Lipinski definition) is 2. The zero-order chi connectivity index (χ0) is 11.5. The van der Waals surface area contributed by atoms with E-state index in [2.05, 4.69) is 5.32 Å². The number of carboxylic acid groups (broad SMARTS) is 1. The fourth-order valence-electron chi connectivity index (χ4n) is 2.70. The molecular weight excluding hydrogens is 206 g/mol. The lowest BCUT2D eigenvalue weighted by atomic mass is 9.80. The van der Waals surface area contributed by atoms with Crippen molar-refractivity contribution in [2.24, 2.45) is 11.8 Å². The van der Waals surface area contributed by atoms with Gasteiger partial charge < -0.3 is 10.4 Å². The predicted octanol–water partition coefficient (Wildman–Crippen LogP) is 1.55. The molecule has 0 spiro atoms. The van der Waals surface area contributed by atoms with Crippen LogP contribution in [0.1, 0.15) is 44.9 Å². The van der Waals surface area contributed by atoms with E-state index in [4.69, 9.17) is 5.11 Å². The summed E-state index contributed by atoms with van der Waals surface area (Å²) < 4.78 is 0. The van der Waals surface area contributed by atoms with Gasteiger partial charge in [-0.2, -0.15) is 0 Å². The van der Waals surface area contributed by atoms with Crippen molar-refractivity contribution in [2.45, 2.75) is 51.0 Å². The highest BCUT2D eigenvalue weighted by molar-refractivity contribution is 5.77. The van der Waals surface area contributed by atoms with E-state index in [0.717, 1.165) is 0 Å². The smallest absolute Gasteiger partial charge is 0.306 e. The number of hydrogen-bond acceptors (Lipinski definition) is 2. The minimum atomic E-state index is -0.735. The number of carbonyl (C=O) groups is 2. The van der Waals surface area contributed by atoms with Crippen LogP contribution in [0.2, 0.25) is 0 Å². The Balaban J connectivity index is 1.63. The molecule has 4 heteroatoms. The molecule has 0 heterocycles. The van der Waals surface area contributed by atoms with E-state index in [-0.39, 0.29) is 17.9 Å². The third kappa shape index (κ3) is 2.74. The van der Waals surface area contributed by atoms with Gasteiger partial charge in [0.05, 0.1) is 5.92 Å². The van der Waals surface area contributed by atoms with Gasteiger partial charge in [-0.05, 0) is 31.6 Å². The monoisotopic (exact) mass is 225 g/mol. The van der Waals surface area contributed by atoms with Gasteiger partial charge >= 0.3 is 5.97 Å². The van der Waals surface area contributed by atoms with Crippen molar-refractivity contribution in [3.8, 4) is 0 Å². The van der Waals surface area contributed by atoms with Gasteiger partial charge in [-0.3, -0.25) is 9.59 Å². The predicted molar refractivity (Wildman–Crippen MR) is 58.9 cm³/mol. The Morgan fingerprint density at radius 1 is 1.19 bits per heavy atom. The van der Waals surface area contributed by atoms with E-state index in [0.29, 0.717) is 25.2 Å². The zero-order valence-electron chi connectivity index (χ0n) is 9.45. The molecule has 16 heavy (non-hydrogen) atoms. The lowest BCUT2D eigenvalue weighted by Crippen LogP contribution is -2.46. The van der Waals surface area contributed by atoms with Gasteiger partial charge in [0, 0.05) is 12.5 Å². The van der Waals surface area contributed by atoms with Crippen molar-refractivity contribution in [3.05, 3.63) is 0 Å². The van der Waals surface area contributed by atoms with Crippen LogP contribution in [-0.4, -0.2) is 23.0 Å².